The summed E-state index contributed by atoms with van der Waals surface area (Å²) in [6, 6.07) is 11.4. The van der Waals surface area contributed by atoms with Crippen LogP contribution in [-0.2, 0) is 9.59 Å². The quantitative estimate of drug-likeness (QED) is 0.336. The Morgan fingerprint density at radius 3 is 2.42 bits per heavy atom. The van der Waals surface area contributed by atoms with Gasteiger partial charge in [-0.2, -0.15) is 0 Å². The van der Waals surface area contributed by atoms with Gasteiger partial charge in [0.05, 0.1) is 37.5 Å². The molecule has 176 valence electrons. The lowest BCUT2D eigenvalue weighted by Gasteiger charge is -2.27. The third-order valence-electron chi connectivity index (χ3n) is 5.53. The van der Waals surface area contributed by atoms with Crippen LogP contribution in [0.3, 0.4) is 0 Å². The first-order valence-corrected chi connectivity index (χ1v) is 11.1. The zero-order valence-corrected chi connectivity index (χ0v) is 19.8. The summed E-state index contributed by atoms with van der Waals surface area (Å²) >= 11 is 0. The standard InChI is InChI=1S/C26H31NO6/c1-6-7-14-27-23(18-10-8-9-11-20(18)33-16(2)3)22(25(29)26(27)30)24(28)19-13-12-17(31-4)15-21(19)32-5/h8-13,15-16,23,28H,6-7,14H2,1-5H3/b24-22+. The molecule has 7 heteroatoms. The summed E-state index contributed by atoms with van der Waals surface area (Å²) in [6.07, 6.45) is 1.47. The molecule has 7 nitrogen and oxygen atoms in total. The van der Waals surface area contributed by atoms with Crippen molar-refractivity contribution in [2.75, 3.05) is 20.8 Å². The number of hydrogen-bond acceptors (Lipinski definition) is 6. The minimum atomic E-state index is -0.779. The summed E-state index contributed by atoms with van der Waals surface area (Å²) in [7, 11) is 2.99. The van der Waals surface area contributed by atoms with Crippen LogP contribution in [0.1, 0.15) is 50.8 Å². The topological polar surface area (TPSA) is 85.3 Å². The number of amides is 1. The number of ether oxygens (including phenoxy) is 3. The fourth-order valence-electron chi connectivity index (χ4n) is 3.97. The number of hydrogen-bond donors (Lipinski definition) is 1. The van der Waals surface area contributed by atoms with E-state index in [0.717, 1.165) is 12.8 Å². The lowest BCUT2D eigenvalue weighted by molar-refractivity contribution is -0.139. The van der Waals surface area contributed by atoms with Gasteiger partial charge in [0.1, 0.15) is 23.0 Å². The summed E-state index contributed by atoms with van der Waals surface area (Å²) in [5.41, 5.74) is 0.967. The van der Waals surface area contributed by atoms with Crippen molar-refractivity contribution >= 4 is 17.4 Å². The third kappa shape index (κ3) is 4.82. The minimum Gasteiger partial charge on any atom is -0.507 e. The number of para-hydroxylation sites is 1. The number of aliphatic hydroxyl groups is 1. The Labute approximate surface area is 194 Å². The Morgan fingerprint density at radius 1 is 1.06 bits per heavy atom. The molecule has 1 N–H and O–H groups in total. The van der Waals surface area contributed by atoms with Gasteiger partial charge in [-0.25, -0.2) is 0 Å². The molecule has 1 unspecified atom stereocenters. The van der Waals surface area contributed by atoms with Crippen molar-refractivity contribution < 1.29 is 28.9 Å². The Kier molecular flexibility index (Phi) is 7.63. The molecule has 1 amide bonds. The highest BCUT2D eigenvalue weighted by Gasteiger charge is 2.47. The predicted molar refractivity (Wildman–Crippen MR) is 126 cm³/mol. The van der Waals surface area contributed by atoms with E-state index in [1.807, 2.05) is 45.0 Å². The van der Waals surface area contributed by atoms with Gasteiger partial charge in [-0.05, 0) is 38.5 Å². The first-order chi connectivity index (χ1) is 15.8. The molecule has 0 radical (unpaired) electrons. The van der Waals surface area contributed by atoms with E-state index in [4.69, 9.17) is 14.2 Å². The third-order valence-corrected chi connectivity index (χ3v) is 5.53. The fourth-order valence-corrected chi connectivity index (χ4v) is 3.97. The van der Waals surface area contributed by atoms with Crippen LogP contribution in [0.15, 0.2) is 48.0 Å². The molecule has 0 spiro atoms. The number of benzene rings is 2. The molecule has 2 aromatic carbocycles. The molecule has 1 heterocycles. The van der Waals surface area contributed by atoms with E-state index in [9.17, 15) is 14.7 Å². The number of aliphatic hydroxyl groups excluding tert-OH is 1. The van der Waals surface area contributed by atoms with E-state index in [2.05, 4.69) is 0 Å². The molecule has 1 aliphatic heterocycles. The number of methoxy groups -OCH3 is 2. The van der Waals surface area contributed by atoms with Gasteiger partial charge in [-0.3, -0.25) is 9.59 Å². The Bertz CT molecular complexity index is 1060. The summed E-state index contributed by atoms with van der Waals surface area (Å²) in [4.78, 5) is 27.8. The van der Waals surface area contributed by atoms with Crippen molar-refractivity contribution in [3.05, 3.63) is 59.2 Å². The first-order valence-electron chi connectivity index (χ1n) is 11.1. The molecule has 1 aliphatic rings. The maximum Gasteiger partial charge on any atom is 0.295 e. The first kappa shape index (κ1) is 24.2. The minimum absolute atomic E-state index is 0.0133. The van der Waals surface area contributed by atoms with Crippen LogP contribution in [0.4, 0.5) is 0 Å². The molecule has 0 saturated carbocycles. The molecular weight excluding hydrogens is 422 g/mol. The van der Waals surface area contributed by atoms with Crippen LogP contribution < -0.4 is 14.2 Å². The highest BCUT2D eigenvalue weighted by atomic mass is 16.5. The van der Waals surface area contributed by atoms with Gasteiger partial charge < -0.3 is 24.2 Å². The molecule has 1 saturated heterocycles. The van der Waals surface area contributed by atoms with Gasteiger partial charge >= 0.3 is 0 Å². The molecule has 1 atom stereocenters. The highest BCUT2D eigenvalue weighted by molar-refractivity contribution is 6.46. The van der Waals surface area contributed by atoms with Gasteiger partial charge in [-0.1, -0.05) is 31.5 Å². The van der Waals surface area contributed by atoms with Crippen LogP contribution in [0, 0.1) is 0 Å². The molecule has 0 aliphatic carbocycles. The van der Waals surface area contributed by atoms with Crippen LogP contribution in [0.2, 0.25) is 0 Å². The Hall–Kier alpha value is -3.48. The van der Waals surface area contributed by atoms with Gasteiger partial charge in [0, 0.05) is 18.2 Å². The Balaban J connectivity index is 2.24. The summed E-state index contributed by atoms with van der Waals surface area (Å²) < 4.78 is 16.7. The van der Waals surface area contributed by atoms with Crippen molar-refractivity contribution in [2.24, 2.45) is 0 Å². The van der Waals surface area contributed by atoms with E-state index < -0.39 is 17.7 Å². The number of ketones is 1. The maximum atomic E-state index is 13.2. The lowest BCUT2D eigenvalue weighted by atomic mass is 9.94. The fraction of sp³-hybridized carbons (Fsp3) is 0.385. The smallest absolute Gasteiger partial charge is 0.295 e. The van der Waals surface area contributed by atoms with Gasteiger partial charge in [0.2, 0.25) is 0 Å². The maximum absolute atomic E-state index is 13.2. The second-order valence-corrected chi connectivity index (χ2v) is 8.12. The summed E-state index contributed by atoms with van der Waals surface area (Å²) in [5.74, 6) is -0.228. The SMILES string of the molecule is CCCCN1C(=O)C(=O)/C(=C(/O)c2ccc(OC)cc2OC)C1c1ccccc1OC(C)C. The number of rotatable bonds is 9. The van der Waals surface area contributed by atoms with E-state index in [1.54, 1.807) is 18.2 Å². The van der Waals surface area contributed by atoms with Crippen LogP contribution in [-0.4, -0.2) is 48.6 Å². The van der Waals surface area contributed by atoms with Crippen LogP contribution >= 0.6 is 0 Å². The monoisotopic (exact) mass is 453 g/mol. The molecule has 0 bridgehead atoms. The lowest BCUT2D eigenvalue weighted by Crippen LogP contribution is -2.31. The van der Waals surface area contributed by atoms with Crippen molar-refractivity contribution in [1.82, 2.24) is 4.90 Å². The van der Waals surface area contributed by atoms with Crippen molar-refractivity contribution in [2.45, 2.75) is 45.8 Å². The second-order valence-electron chi connectivity index (χ2n) is 8.12. The van der Waals surface area contributed by atoms with Crippen molar-refractivity contribution in [3.63, 3.8) is 0 Å². The number of carbonyl (C=O) groups excluding carboxylic acids is 2. The van der Waals surface area contributed by atoms with E-state index in [-0.39, 0.29) is 17.4 Å². The molecule has 33 heavy (non-hydrogen) atoms. The van der Waals surface area contributed by atoms with Crippen molar-refractivity contribution in [1.29, 1.82) is 0 Å². The zero-order chi connectivity index (χ0) is 24.1. The van der Waals surface area contributed by atoms with E-state index >= 15 is 0 Å². The average molecular weight is 454 g/mol. The number of likely N-dealkylation sites (tertiary alicyclic amines) is 1. The number of carbonyl (C=O) groups is 2. The average Bonchev–Trinajstić information content (AvgIpc) is 3.06. The predicted octanol–water partition coefficient (Wildman–Crippen LogP) is 4.71. The molecule has 1 fully saturated rings. The van der Waals surface area contributed by atoms with Crippen LogP contribution in [0.5, 0.6) is 17.2 Å². The summed E-state index contributed by atoms with van der Waals surface area (Å²) in [5, 5.41) is 11.4. The molecule has 3 rings (SSSR count). The van der Waals surface area contributed by atoms with Gasteiger partial charge in [0.15, 0.2) is 0 Å². The zero-order valence-electron chi connectivity index (χ0n) is 19.8. The highest BCUT2D eigenvalue weighted by Crippen LogP contribution is 2.44. The normalized spacial score (nSPS) is 17.5. The second kappa shape index (κ2) is 10.4. The van der Waals surface area contributed by atoms with Crippen LogP contribution in [0.25, 0.3) is 5.76 Å². The molecular formula is C26H31NO6. The van der Waals surface area contributed by atoms with Gasteiger partial charge in [0.25, 0.3) is 11.7 Å². The van der Waals surface area contributed by atoms with E-state index in [1.165, 1.54) is 19.1 Å². The van der Waals surface area contributed by atoms with E-state index in [0.29, 0.717) is 34.9 Å². The number of Topliss-reactive ketones (excluding diaryl/α,β-unsaturated/α-hetero) is 1. The molecule has 2 aromatic rings. The molecule has 0 aromatic heterocycles. The Morgan fingerprint density at radius 2 is 1.79 bits per heavy atom. The summed E-state index contributed by atoms with van der Waals surface area (Å²) in [6.45, 7) is 6.22. The van der Waals surface area contributed by atoms with Crippen molar-refractivity contribution in [3.8, 4) is 17.2 Å². The number of unbranched alkanes of at least 4 members (excludes halogenated alkanes) is 1. The largest absolute Gasteiger partial charge is 0.507 e. The number of nitrogens with zero attached hydrogens (tertiary/aromatic N) is 1. The van der Waals surface area contributed by atoms with Gasteiger partial charge in [-0.15, -0.1) is 0 Å².